The number of rotatable bonds is 4. The lowest BCUT2D eigenvalue weighted by atomic mass is 10.0. The molecule has 0 heterocycles. The third kappa shape index (κ3) is 3.90. The second-order valence-electron chi connectivity index (χ2n) is 3.93. The summed E-state index contributed by atoms with van der Waals surface area (Å²) in [7, 11) is 0. The lowest BCUT2D eigenvalue weighted by Crippen LogP contribution is -2.07. The van der Waals surface area contributed by atoms with Gasteiger partial charge in [-0.1, -0.05) is 24.3 Å². The fourth-order valence-corrected chi connectivity index (χ4v) is 1.57. The van der Waals surface area contributed by atoms with E-state index in [9.17, 15) is 10.2 Å². The lowest BCUT2D eigenvalue weighted by molar-refractivity contribution is 0.194. The molecule has 2 nitrogen and oxygen atoms in total. The van der Waals surface area contributed by atoms with E-state index in [2.05, 4.69) is 0 Å². The normalized spacial score (nSPS) is 15.1. The van der Waals surface area contributed by atoms with E-state index in [0.29, 0.717) is 12.8 Å². The summed E-state index contributed by atoms with van der Waals surface area (Å²) in [6.45, 7) is 3.56. The van der Waals surface area contributed by atoms with Crippen LogP contribution < -0.4 is 0 Å². The molecule has 14 heavy (non-hydrogen) atoms. The monoisotopic (exact) mass is 194 g/mol. The first-order valence-corrected chi connectivity index (χ1v) is 5.02. The average molecular weight is 194 g/mol. The topological polar surface area (TPSA) is 40.5 Å². The van der Waals surface area contributed by atoms with Gasteiger partial charge in [0.25, 0.3) is 0 Å². The smallest absolute Gasteiger partial charge is 0.0552 e. The molecule has 0 saturated carbocycles. The van der Waals surface area contributed by atoms with E-state index in [1.54, 1.807) is 13.8 Å². The molecular formula is C12H18O2. The molecule has 0 radical (unpaired) electrons. The molecule has 1 aromatic carbocycles. The zero-order valence-corrected chi connectivity index (χ0v) is 8.77. The van der Waals surface area contributed by atoms with Gasteiger partial charge in [0, 0.05) is 0 Å². The molecule has 1 rings (SSSR count). The van der Waals surface area contributed by atoms with Crippen LogP contribution in [0.5, 0.6) is 0 Å². The third-order valence-electron chi connectivity index (χ3n) is 2.05. The standard InChI is InChI=1S/C12H18O2/c1-9(13)6-11-4-3-5-12(8-11)7-10(2)14/h3-5,8-10,13-14H,6-7H2,1-2H3. The van der Waals surface area contributed by atoms with E-state index in [4.69, 9.17) is 0 Å². The SMILES string of the molecule is CC(O)Cc1cccc(CC(C)O)c1. The second-order valence-corrected chi connectivity index (χ2v) is 3.93. The van der Waals surface area contributed by atoms with E-state index < -0.39 is 0 Å². The van der Waals surface area contributed by atoms with Crippen LogP contribution in [-0.2, 0) is 12.8 Å². The predicted molar refractivity (Wildman–Crippen MR) is 57.2 cm³/mol. The Morgan fingerprint density at radius 1 is 1.00 bits per heavy atom. The first-order chi connectivity index (χ1) is 6.58. The molecule has 2 atom stereocenters. The minimum atomic E-state index is -0.309. The van der Waals surface area contributed by atoms with Gasteiger partial charge >= 0.3 is 0 Å². The molecule has 0 saturated heterocycles. The summed E-state index contributed by atoms with van der Waals surface area (Å²) in [5.74, 6) is 0. The Morgan fingerprint density at radius 2 is 1.43 bits per heavy atom. The van der Waals surface area contributed by atoms with Crippen molar-refractivity contribution in [3.8, 4) is 0 Å². The molecule has 0 aliphatic rings. The van der Waals surface area contributed by atoms with Crippen LogP contribution in [0.1, 0.15) is 25.0 Å². The van der Waals surface area contributed by atoms with Gasteiger partial charge in [-0.2, -0.15) is 0 Å². The van der Waals surface area contributed by atoms with Crippen LogP contribution >= 0.6 is 0 Å². The van der Waals surface area contributed by atoms with Crippen LogP contribution in [0.2, 0.25) is 0 Å². The summed E-state index contributed by atoms with van der Waals surface area (Å²) in [4.78, 5) is 0. The molecule has 2 unspecified atom stereocenters. The van der Waals surface area contributed by atoms with Gasteiger partial charge in [0.1, 0.15) is 0 Å². The Hall–Kier alpha value is -0.860. The highest BCUT2D eigenvalue weighted by molar-refractivity contribution is 5.24. The van der Waals surface area contributed by atoms with Crippen molar-refractivity contribution in [1.29, 1.82) is 0 Å². The maximum atomic E-state index is 9.23. The molecular weight excluding hydrogens is 176 g/mol. The average Bonchev–Trinajstić information content (AvgIpc) is 2.01. The van der Waals surface area contributed by atoms with E-state index >= 15 is 0 Å². The number of hydrogen-bond acceptors (Lipinski definition) is 2. The summed E-state index contributed by atoms with van der Waals surface area (Å²) in [5, 5.41) is 18.5. The van der Waals surface area contributed by atoms with Gasteiger partial charge in [-0.05, 0) is 37.8 Å². The molecule has 0 fully saturated rings. The van der Waals surface area contributed by atoms with Crippen molar-refractivity contribution < 1.29 is 10.2 Å². The quantitative estimate of drug-likeness (QED) is 0.763. The summed E-state index contributed by atoms with van der Waals surface area (Å²) in [5.41, 5.74) is 2.25. The van der Waals surface area contributed by atoms with Crippen LogP contribution in [0.3, 0.4) is 0 Å². The Bertz CT molecular complexity index is 254. The fourth-order valence-electron chi connectivity index (χ4n) is 1.57. The zero-order chi connectivity index (χ0) is 10.6. The van der Waals surface area contributed by atoms with Crippen molar-refractivity contribution >= 4 is 0 Å². The summed E-state index contributed by atoms with van der Waals surface area (Å²) < 4.78 is 0. The van der Waals surface area contributed by atoms with Crippen LogP contribution in [0.15, 0.2) is 24.3 Å². The van der Waals surface area contributed by atoms with E-state index in [0.717, 1.165) is 11.1 Å². The summed E-state index contributed by atoms with van der Waals surface area (Å²) >= 11 is 0. The van der Waals surface area contributed by atoms with E-state index in [1.807, 2.05) is 24.3 Å². The molecule has 78 valence electrons. The number of benzene rings is 1. The van der Waals surface area contributed by atoms with Crippen LogP contribution in [0, 0.1) is 0 Å². The Kier molecular flexibility index (Phi) is 4.11. The summed E-state index contributed by atoms with van der Waals surface area (Å²) in [6.07, 6.45) is 0.731. The Balaban J connectivity index is 2.68. The Morgan fingerprint density at radius 3 is 1.79 bits per heavy atom. The minimum Gasteiger partial charge on any atom is -0.393 e. The highest BCUT2D eigenvalue weighted by atomic mass is 16.3. The third-order valence-corrected chi connectivity index (χ3v) is 2.05. The predicted octanol–water partition coefficient (Wildman–Crippen LogP) is 1.53. The van der Waals surface area contributed by atoms with Gasteiger partial charge < -0.3 is 10.2 Å². The van der Waals surface area contributed by atoms with Crippen molar-refractivity contribution in [2.45, 2.75) is 38.9 Å². The molecule has 0 spiro atoms. The van der Waals surface area contributed by atoms with Crippen LogP contribution in [0.25, 0.3) is 0 Å². The van der Waals surface area contributed by atoms with E-state index in [-0.39, 0.29) is 12.2 Å². The van der Waals surface area contributed by atoms with Gasteiger partial charge in [0.15, 0.2) is 0 Å². The minimum absolute atomic E-state index is 0.309. The van der Waals surface area contributed by atoms with Gasteiger partial charge in [-0.15, -0.1) is 0 Å². The van der Waals surface area contributed by atoms with Gasteiger partial charge in [0.2, 0.25) is 0 Å². The maximum Gasteiger partial charge on any atom is 0.0552 e. The van der Waals surface area contributed by atoms with Crippen LogP contribution in [0.4, 0.5) is 0 Å². The first kappa shape index (κ1) is 11.2. The first-order valence-electron chi connectivity index (χ1n) is 5.02. The van der Waals surface area contributed by atoms with Gasteiger partial charge in [-0.25, -0.2) is 0 Å². The molecule has 2 heteroatoms. The molecule has 0 bridgehead atoms. The van der Waals surface area contributed by atoms with Crippen molar-refractivity contribution in [2.24, 2.45) is 0 Å². The Labute approximate surface area is 85.2 Å². The van der Waals surface area contributed by atoms with Gasteiger partial charge in [0.05, 0.1) is 12.2 Å². The number of hydrogen-bond donors (Lipinski definition) is 2. The second kappa shape index (κ2) is 5.13. The van der Waals surface area contributed by atoms with E-state index in [1.165, 1.54) is 0 Å². The van der Waals surface area contributed by atoms with Crippen molar-refractivity contribution in [2.75, 3.05) is 0 Å². The van der Waals surface area contributed by atoms with Crippen molar-refractivity contribution in [1.82, 2.24) is 0 Å². The zero-order valence-electron chi connectivity index (χ0n) is 8.77. The molecule has 0 aromatic heterocycles. The molecule has 0 aliphatic carbocycles. The molecule has 0 aliphatic heterocycles. The molecule has 2 N–H and O–H groups in total. The highest BCUT2D eigenvalue weighted by Crippen LogP contribution is 2.09. The van der Waals surface area contributed by atoms with Gasteiger partial charge in [-0.3, -0.25) is 0 Å². The fraction of sp³-hybridized carbons (Fsp3) is 0.500. The maximum absolute atomic E-state index is 9.23. The van der Waals surface area contributed by atoms with Crippen molar-refractivity contribution in [3.05, 3.63) is 35.4 Å². The van der Waals surface area contributed by atoms with Crippen molar-refractivity contribution in [3.63, 3.8) is 0 Å². The highest BCUT2D eigenvalue weighted by Gasteiger charge is 2.02. The number of aliphatic hydroxyl groups excluding tert-OH is 2. The summed E-state index contributed by atoms with van der Waals surface area (Å²) in [6, 6.07) is 8.01. The molecule has 1 aromatic rings. The molecule has 0 amide bonds. The number of aliphatic hydroxyl groups is 2. The lowest BCUT2D eigenvalue weighted by Gasteiger charge is -2.08. The van der Waals surface area contributed by atoms with Crippen LogP contribution in [-0.4, -0.2) is 22.4 Å². The largest absolute Gasteiger partial charge is 0.393 e.